The Morgan fingerprint density at radius 1 is 1.28 bits per heavy atom. The number of hydrogen-bond donors (Lipinski definition) is 0. The third-order valence-electron chi connectivity index (χ3n) is 3.32. The Bertz CT molecular complexity index is 489. The van der Waals surface area contributed by atoms with E-state index in [1.165, 1.54) is 18.4 Å². The monoisotopic (exact) mass is 330 g/mol. The second kappa shape index (κ2) is 5.74. The summed E-state index contributed by atoms with van der Waals surface area (Å²) in [7, 11) is -3.07. The molecule has 0 bridgehead atoms. The second-order valence-electron chi connectivity index (χ2n) is 5.02. The van der Waals surface area contributed by atoms with Crippen LogP contribution in [0.4, 0.5) is 0 Å². The van der Waals surface area contributed by atoms with Gasteiger partial charge in [-0.1, -0.05) is 35.0 Å². The van der Waals surface area contributed by atoms with Gasteiger partial charge in [-0.3, -0.25) is 0 Å². The van der Waals surface area contributed by atoms with Gasteiger partial charge in [0.2, 0.25) is 0 Å². The Balaban J connectivity index is 2.05. The summed E-state index contributed by atoms with van der Waals surface area (Å²) in [5, 5.41) is 0. The smallest absolute Gasteiger partial charge is 0.178 e. The summed E-state index contributed by atoms with van der Waals surface area (Å²) in [6.45, 7) is 1.89. The molecule has 1 fully saturated rings. The van der Waals surface area contributed by atoms with Crippen LogP contribution in [0.2, 0.25) is 0 Å². The molecule has 0 aromatic heterocycles. The van der Waals surface area contributed by atoms with Gasteiger partial charge in [-0.25, -0.2) is 8.42 Å². The molecule has 1 aromatic carbocycles. The molecule has 4 heteroatoms. The van der Waals surface area contributed by atoms with Crippen molar-refractivity contribution in [2.45, 2.75) is 42.3 Å². The Morgan fingerprint density at radius 3 is 2.39 bits per heavy atom. The zero-order valence-corrected chi connectivity index (χ0v) is 13.0. The minimum absolute atomic E-state index is 0.232. The summed E-state index contributed by atoms with van der Waals surface area (Å²) in [5.74, 6) is 1.05. The Labute approximate surface area is 118 Å². The molecule has 1 aliphatic carbocycles. The largest absolute Gasteiger partial charge is 0.224 e. The van der Waals surface area contributed by atoms with E-state index < -0.39 is 9.84 Å². The van der Waals surface area contributed by atoms with Gasteiger partial charge in [0.15, 0.2) is 9.84 Å². The molecule has 100 valence electrons. The molecular formula is C14H19BrO2S. The lowest BCUT2D eigenvalue weighted by atomic mass is 10.1. The Hall–Kier alpha value is -0.350. The number of benzene rings is 1. The Kier molecular flexibility index (Phi) is 4.49. The first kappa shape index (κ1) is 14.1. The molecule has 0 amide bonds. The van der Waals surface area contributed by atoms with Gasteiger partial charge in [0, 0.05) is 4.83 Å². The molecule has 0 N–H and O–H groups in total. The summed E-state index contributed by atoms with van der Waals surface area (Å²) >= 11 is 3.71. The van der Waals surface area contributed by atoms with Gasteiger partial charge in [0.05, 0.1) is 10.6 Å². The van der Waals surface area contributed by atoms with Crippen LogP contribution >= 0.6 is 15.9 Å². The maximum Gasteiger partial charge on any atom is 0.178 e. The van der Waals surface area contributed by atoms with Crippen LogP contribution in [0.1, 0.15) is 31.7 Å². The topological polar surface area (TPSA) is 34.1 Å². The number of rotatable bonds is 6. The normalized spacial score (nSPS) is 17.7. The molecule has 2 nitrogen and oxygen atoms in total. The molecule has 1 saturated carbocycles. The molecule has 0 heterocycles. The van der Waals surface area contributed by atoms with Crippen LogP contribution in [0.15, 0.2) is 29.2 Å². The van der Waals surface area contributed by atoms with Crippen molar-refractivity contribution < 1.29 is 8.42 Å². The number of halogens is 1. The first-order valence-corrected chi connectivity index (χ1v) is 9.05. The molecule has 18 heavy (non-hydrogen) atoms. The fraction of sp³-hybridized carbons (Fsp3) is 0.571. The van der Waals surface area contributed by atoms with E-state index in [1.807, 2.05) is 19.1 Å². The van der Waals surface area contributed by atoms with Crippen molar-refractivity contribution in [2.75, 3.05) is 5.75 Å². The van der Waals surface area contributed by atoms with Gasteiger partial charge in [0.1, 0.15) is 0 Å². The van der Waals surface area contributed by atoms with Gasteiger partial charge < -0.3 is 0 Å². The molecule has 1 unspecified atom stereocenters. The summed E-state index contributed by atoms with van der Waals surface area (Å²) in [6, 6.07) is 7.37. The van der Waals surface area contributed by atoms with E-state index in [9.17, 15) is 8.42 Å². The van der Waals surface area contributed by atoms with Crippen LogP contribution in [0.5, 0.6) is 0 Å². The maximum absolute atomic E-state index is 11.9. The predicted molar refractivity (Wildman–Crippen MR) is 77.9 cm³/mol. The average Bonchev–Trinajstić information content (AvgIpc) is 3.13. The van der Waals surface area contributed by atoms with Crippen LogP contribution in [-0.4, -0.2) is 19.0 Å². The van der Waals surface area contributed by atoms with Crippen molar-refractivity contribution >= 4 is 25.8 Å². The molecule has 1 aliphatic rings. The minimum Gasteiger partial charge on any atom is -0.224 e. The summed E-state index contributed by atoms with van der Waals surface area (Å²) in [5.41, 5.74) is 1.21. The highest BCUT2D eigenvalue weighted by Gasteiger charge is 2.29. The minimum atomic E-state index is -3.07. The molecule has 1 atom stereocenters. The lowest BCUT2D eigenvalue weighted by Crippen LogP contribution is -2.07. The molecule has 0 radical (unpaired) electrons. The van der Waals surface area contributed by atoms with Gasteiger partial charge >= 0.3 is 0 Å². The highest BCUT2D eigenvalue weighted by Crippen LogP contribution is 2.38. The molecule has 2 rings (SSSR count). The van der Waals surface area contributed by atoms with Crippen molar-refractivity contribution in [1.29, 1.82) is 0 Å². The van der Waals surface area contributed by atoms with Crippen molar-refractivity contribution in [3.63, 3.8) is 0 Å². The lowest BCUT2D eigenvalue weighted by Gasteiger charge is -2.09. The van der Waals surface area contributed by atoms with Gasteiger partial charge in [0.25, 0.3) is 0 Å². The SMILES string of the molecule is CCCS(=O)(=O)c1ccc(CC(Br)C2CC2)cc1. The summed E-state index contributed by atoms with van der Waals surface area (Å²) < 4.78 is 23.7. The molecule has 0 saturated heterocycles. The van der Waals surface area contributed by atoms with E-state index in [-0.39, 0.29) is 5.75 Å². The molecule has 0 aliphatic heterocycles. The highest BCUT2D eigenvalue weighted by atomic mass is 79.9. The molecule has 1 aromatic rings. The van der Waals surface area contributed by atoms with Crippen LogP contribution in [0.25, 0.3) is 0 Å². The van der Waals surface area contributed by atoms with E-state index in [0.29, 0.717) is 16.1 Å². The number of sulfone groups is 1. The van der Waals surface area contributed by atoms with Crippen LogP contribution < -0.4 is 0 Å². The zero-order valence-electron chi connectivity index (χ0n) is 10.6. The molecule has 0 spiro atoms. The molecular weight excluding hydrogens is 312 g/mol. The summed E-state index contributed by atoms with van der Waals surface area (Å²) in [4.78, 5) is 0.987. The van der Waals surface area contributed by atoms with E-state index in [0.717, 1.165) is 12.3 Å². The lowest BCUT2D eigenvalue weighted by molar-refractivity contribution is 0.594. The van der Waals surface area contributed by atoms with Crippen molar-refractivity contribution in [3.05, 3.63) is 29.8 Å². The van der Waals surface area contributed by atoms with E-state index >= 15 is 0 Å². The first-order valence-electron chi connectivity index (χ1n) is 6.48. The van der Waals surface area contributed by atoms with Gasteiger partial charge in [-0.05, 0) is 49.3 Å². The fourth-order valence-electron chi connectivity index (χ4n) is 2.07. The number of alkyl halides is 1. The van der Waals surface area contributed by atoms with Crippen molar-refractivity contribution in [1.82, 2.24) is 0 Å². The van der Waals surface area contributed by atoms with Crippen LogP contribution in [0.3, 0.4) is 0 Å². The predicted octanol–water partition coefficient (Wildman–Crippen LogP) is 3.59. The van der Waals surface area contributed by atoms with Gasteiger partial charge in [-0.2, -0.15) is 0 Å². The van der Waals surface area contributed by atoms with Crippen LogP contribution in [-0.2, 0) is 16.3 Å². The maximum atomic E-state index is 11.9. The highest BCUT2D eigenvalue weighted by molar-refractivity contribution is 9.09. The second-order valence-corrected chi connectivity index (χ2v) is 8.31. The van der Waals surface area contributed by atoms with E-state index in [1.54, 1.807) is 12.1 Å². The third-order valence-corrected chi connectivity index (χ3v) is 6.33. The Morgan fingerprint density at radius 2 is 1.89 bits per heavy atom. The fourth-order valence-corrected chi connectivity index (χ4v) is 4.30. The van der Waals surface area contributed by atoms with Gasteiger partial charge in [-0.15, -0.1) is 0 Å². The van der Waals surface area contributed by atoms with E-state index in [2.05, 4.69) is 15.9 Å². The van der Waals surface area contributed by atoms with Crippen molar-refractivity contribution in [3.8, 4) is 0 Å². The summed E-state index contributed by atoms with van der Waals surface area (Å²) in [6.07, 6.45) is 4.28. The average molecular weight is 331 g/mol. The van der Waals surface area contributed by atoms with Crippen LogP contribution in [0, 0.1) is 5.92 Å². The standard InChI is InChI=1S/C14H19BrO2S/c1-2-9-18(16,17)13-7-3-11(4-8-13)10-14(15)12-5-6-12/h3-4,7-8,12,14H,2,5-6,9-10H2,1H3. The zero-order chi connectivity index (χ0) is 13.2. The van der Waals surface area contributed by atoms with Crippen molar-refractivity contribution in [2.24, 2.45) is 5.92 Å². The first-order chi connectivity index (χ1) is 8.53. The number of hydrogen-bond acceptors (Lipinski definition) is 2. The van der Waals surface area contributed by atoms with E-state index in [4.69, 9.17) is 0 Å². The quantitative estimate of drug-likeness (QED) is 0.747. The third kappa shape index (κ3) is 3.58.